The van der Waals surface area contributed by atoms with Gasteiger partial charge in [0.25, 0.3) is 0 Å². The lowest BCUT2D eigenvalue weighted by Gasteiger charge is -2.53. The van der Waals surface area contributed by atoms with Crippen molar-refractivity contribution in [1.82, 2.24) is 0 Å². The molecular formula is C11H20O. The van der Waals surface area contributed by atoms with Gasteiger partial charge in [0.2, 0.25) is 0 Å². The number of hydrogen-bond donors (Lipinski definition) is 0. The van der Waals surface area contributed by atoms with Gasteiger partial charge in [-0.05, 0) is 24.7 Å². The molecule has 0 aromatic rings. The number of carbonyl (C=O) groups is 1. The van der Waals surface area contributed by atoms with E-state index in [1.807, 2.05) is 0 Å². The van der Waals surface area contributed by atoms with Gasteiger partial charge >= 0.3 is 0 Å². The third-order valence-electron chi connectivity index (χ3n) is 4.05. The van der Waals surface area contributed by atoms with Crippen molar-refractivity contribution >= 4 is 5.78 Å². The maximum atomic E-state index is 11.5. The van der Waals surface area contributed by atoms with Crippen LogP contribution in [0.4, 0.5) is 0 Å². The van der Waals surface area contributed by atoms with Gasteiger partial charge < -0.3 is 0 Å². The van der Waals surface area contributed by atoms with Gasteiger partial charge in [0, 0.05) is 11.8 Å². The van der Waals surface area contributed by atoms with Crippen LogP contribution in [0.5, 0.6) is 0 Å². The maximum absolute atomic E-state index is 11.5. The summed E-state index contributed by atoms with van der Waals surface area (Å²) in [7, 11) is 0. The second-order valence-electron chi connectivity index (χ2n) is 4.03. The van der Waals surface area contributed by atoms with Gasteiger partial charge in [-0.2, -0.15) is 0 Å². The summed E-state index contributed by atoms with van der Waals surface area (Å²) in [4.78, 5) is 11.5. The standard InChI is InChI=1S/C11H20O/c1-5-9-10(12)8(4)11(9,6-2)7-3/h8-9H,5-7H2,1-4H3. The first-order valence-electron chi connectivity index (χ1n) is 5.17. The van der Waals surface area contributed by atoms with Gasteiger partial charge in [-0.1, -0.05) is 27.7 Å². The number of rotatable bonds is 3. The molecule has 70 valence electrons. The Hall–Kier alpha value is -0.330. The number of ketones is 1. The fourth-order valence-electron chi connectivity index (χ4n) is 3.04. The average Bonchev–Trinajstić information content (AvgIpc) is 2.12. The van der Waals surface area contributed by atoms with E-state index in [0.717, 1.165) is 19.3 Å². The lowest BCUT2D eigenvalue weighted by Crippen LogP contribution is -2.55. The van der Waals surface area contributed by atoms with Gasteiger partial charge in [0.1, 0.15) is 5.78 Å². The summed E-state index contributed by atoms with van der Waals surface area (Å²) in [5.74, 6) is 1.18. The summed E-state index contributed by atoms with van der Waals surface area (Å²) in [6.45, 7) is 8.67. The monoisotopic (exact) mass is 168 g/mol. The molecule has 0 N–H and O–H groups in total. The molecule has 1 heteroatoms. The van der Waals surface area contributed by atoms with E-state index < -0.39 is 0 Å². The molecule has 1 aliphatic carbocycles. The molecule has 1 rings (SSSR count). The SMILES string of the molecule is CCC1C(=O)C(C)C1(CC)CC. The Morgan fingerprint density at radius 1 is 1.25 bits per heavy atom. The maximum Gasteiger partial charge on any atom is 0.139 e. The lowest BCUT2D eigenvalue weighted by atomic mass is 9.49. The number of hydrogen-bond acceptors (Lipinski definition) is 1. The van der Waals surface area contributed by atoms with Gasteiger partial charge in [-0.15, -0.1) is 0 Å². The van der Waals surface area contributed by atoms with E-state index in [-0.39, 0.29) is 0 Å². The van der Waals surface area contributed by atoms with E-state index in [0.29, 0.717) is 23.0 Å². The van der Waals surface area contributed by atoms with Crippen molar-refractivity contribution in [3.8, 4) is 0 Å². The van der Waals surface area contributed by atoms with E-state index in [1.165, 1.54) is 0 Å². The van der Waals surface area contributed by atoms with E-state index >= 15 is 0 Å². The normalized spacial score (nSPS) is 33.2. The summed E-state index contributed by atoms with van der Waals surface area (Å²) in [5, 5.41) is 0. The zero-order valence-electron chi connectivity index (χ0n) is 8.68. The molecule has 0 aromatic carbocycles. The Morgan fingerprint density at radius 2 is 1.75 bits per heavy atom. The first-order valence-corrected chi connectivity index (χ1v) is 5.17. The minimum atomic E-state index is 0.317. The summed E-state index contributed by atoms with van der Waals surface area (Å²) in [6.07, 6.45) is 3.36. The van der Waals surface area contributed by atoms with Crippen molar-refractivity contribution in [2.45, 2.75) is 47.0 Å². The molecule has 0 spiro atoms. The van der Waals surface area contributed by atoms with E-state index in [1.54, 1.807) is 0 Å². The number of carbonyl (C=O) groups excluding carboxylic acids is 1. The van der Waals surface area contributed by atoms with Crippen molar-refractivity contribution in [2.24, 2.45) is 17.3 Å². The van der Waals surface area contributed by atoms with E-state index in [9.17, 15) is 4.79 Å². The van der Waals surface area contributed by atoms with Crippen molar-refractivity contribution in [1.29, 1.82) is 0 Å². The van der Waals surface area contributed by atoms with Crippen LogP contribution in [-0.4, -0.2) is 5.78 Å². The Balaban J connectivity index is 2.81. The van der Waals surface area contributed by atoms with Gasteiger partial charge in [0.15, 0.2) is 0 Å². The highest BCUT2D eigenvalue weighted by molar-refractivity contribution is 5.91. The third kappa shape index (κ3) is 0.949. The van der Waals surface area contributed by atoms with Crippen LogP contribution in [0.1, 0.15) is 47.0 Å². The second kappa shape index (κ2) is 3.20. The van der Waals surface area contributed by atoms with Crippen LogP contribution in [0.25, 0.3) is 0 Å². The lowest BCUT2D eigenvalue weighted by molar-refractivity contribution is -0.156. The predicted octanol–water partition coefficient (Wildman–Crippen LogP) is 3.04. The summed E-state index contributed by atoms with van der Waals surface area (Å²) in [5.41, 5.74) is 0.353. The third-order valence-corrected chi connectivity index (χ3v) is 4.05. The van der Waals surface area contributed by atoms with Crippen molar-refractivity contribution in [3.63, 3.8) is 0 Å². The van der Waals surface area contributed by atoms with Crippen LogP contribution < -0.4 is 0 Å². The quantitative estimate of drug-likeness (QED) is 0.633. The summed E-state index contributed by atoms with van der Waals surface area (Å²) in [6, 6.07) is 0. The van der Waals surface area contributed by atoms with Gasteiger partial charge in [0.05, 0.1) is 0 Å². The van der Waals surface area contributed by atoms with Gasteiger partial charge in [-0.3, -0.25) is 4.79 Å². The van der Waals surface area contributed by atoms with Gasteiger partial charge in [-0.25, -0.2) is 0 Å². The van der Waals surface area contributed by atoms with Crippen molar-refractivity contribution in [3.05, 3.63) is 0 Å². The Morgan fingerprint density at radius 3 is 2.00 bits per heavy atom. The molecule has 12 heavy (non-hydrogen) atoms. The molecule has 0 aromatic heterocycles. The molecule has 0 bridgehead atoms. The molecule has 1 nitrogen and oxygen atoms in total. The molecule has 1 saturated carbocycles. The smallest absolute Gasteiger partial charge is 0.139 e. The Kier molecular flexibility index (Phi) is 2.60. The van der Waals surface area contributed by atoms with Crippen LogP contribution in [0.3, 0.4) is 0 Å². The largest absolute Gasteiger partial charge is 0.299 e. The zero-order chi connectivity index (χ0) is 9.35. The molecular weight excluding hydrogens is 148 g/mol. The second-order valence-corrected chi connectivity index (χ2v) is 4.03. The molecule has 2 atom stereocenters. The van der Waals surface area contributed by atoms with Crippen LogP contribution >= 0.6 is 0 Å². The fourth-order valence-corrected chi connectivity index (χ4v) is 3.04. The van der Waals surface area contributed by atoms with Crippen LogP contribution in [0, 0.1) is 17.3 Å². The molecule has 0 heterocycles. The summed E-state index contributed by atoms with van der Waals surface area (Å²) < 4.78 is 0. The Labute approximate surface area is 75.5 Å². The molecule has 0 saturated heterocycles. The highest BCUT2D eigenvalue weighted by Gasteiger charge is 2.55. The van der Waals surface area contributed by atoms with Crippen LogP contribution in [0.2, 0.25) is 0 Å². The zero-order valence-corrected chi connectivity index (χ0v) is 8.68. The minimum Gasteiger partial charge on any atom is -0.299 e. The van der Waals surface area contributed by atoms with E-state index in [4.69, 9.17) is 0 Å². The van der Waals surface area contributed by atoms with Crippen molar-refractivity contribution < 1.29 is 4.79 Å². The Bertz CT molecular complexity index is 179. The van der Waals surface area contributed by atoms with Crippen LogP contribution in [0.15, 0.2) is 0 Å². The molecule has 0 amide bonds. The van der Waals surface area contributed by atoms with Crippen LogP contribution in [-0.2, 0) is 4.79 Å². The highest BCUT2D eigenvalue weighted by Crippen LogP contribution is 2.54. The number of Topliss-reactive ketones (excluding diaryl/α,β-unsaturated/α-hetero) is 1. The van der Waals surface area contributed by atoms with E-state index in [2.05, 4.69) is 27.7 Å². The fraction of sp³-hybridized carbons (Fsp3) is 0.909. The first-order chi connectivity index (χ1) is 5.64. The predicted molar refractivity (Wildman–Crippen MR) is 51.0 cm³/mol. The molecule has 0 aliphatic heterocycles. The molecule has 1 fully saturated rings. The minimum absolute atomic E-state index is 0.317. The summed E-state index contributed by atoms with van der Waals surface area (Å²) >= 11 is 0. The molecule has 1 aliphatic rings. The highest BCUT2D eigenvalue weighted by atomic mass is 16.1. The van der Waals surface area contributed by atoms with Crippen molar-refractivity contribution in [2.75, 3.05) is 0 Å². The first kappa shape index (κ1) is 9.76. The average molecular weight is 168 g/mol. The molecule has 0 radical (unpaired) electrons. The topological polar surface area (TPSA) is 17.1 Å². The molecule has 2 unspecified atom stereocenters.